The number of nitrogens with one attached hydrogen (secondary N) is 1. The lowest BCUT2D eigenvalue weighted by Gasteiger charge is -2.10. The molecule has 0 fully saturated rings. The molecule has 0 amide bonds. The number of halogens is 2. The number of anilines is 3. The van der Waals surface area contributed by atoms with Gasteiger partial charge in [0.1, 0.15) is 11.6 Å². The number of benzene rings is 2. The van der Waals surface area contributed by atoms with Crippen molar-refractivity contribution in [2.75, 3.05) is 11.1 Å². The van der Waals surface area contributed by atoms with Crippen LogP contribution in [-0.4, -0.2) is 8.42 Å². The normalized spacial score (nSPS) is 11.3. The predicted octanol–water partition coefficient (Wildman–Crippen LogP) is 1.94. The van der Waals surface area contributed by atoms with Gasteiger partial charge in [-0.3, -0.25) is 0 Å². The Hall–Kier alpha value is -2.19. The molecule has 0 atom stereocenters. The van der Waals surface area contributed by atoms with Crippen molar-refractivity contribution >= 4 is 27.1 Å². The minimum absolute atomic E-state index is 0.121. The van der Waals surface area contributed by atoms with Gasteiger partial charge in [0, 0.05) is 17.4 Å². The molecular weight excluding hydrogens is 288 g/mol. The van der Waals surface area contributed by atoms with Crippen molar-refractivity contribution in [3.63, 3.8) is 0 Å². The molecule has 0 saturated heterocycles. The van der Waals surface area contributed by atoms with E-state index in [-0.39, 0.29) is 22.0 Å². The molecule has 0 unspecified atom stereocenters. The minimum atomic E-state index is -3.95. The first-order valence-corrected chi connectivity index (χ1v) is 6.96. The van der Waals surface area contributed by atoms with Gasteiger partial charge in [-0.1, -0.05) is 0 Å². The van der Waals surface area contributed by atoms with Crippen LogP contribution in [0.15, 0.2) is 41.3 Å². The molecular formula is C12H11F2N3O2S. The van der Waals surface area contributed by atoms with E-state index in [0.717, 1.165) is 18.2 Å². The number of nitrogens with two attached hydrogens (primary N) is 2. The molecule has 106 valence electrons. The van der Waals surface area contributed by atoms with Gasteiger partial charge < -0.3 is 11.1 Å². The topological polar surface area (TPSA) is 98.2 Å². The van der Waals surface area contributed by atoms with E-state index in [9.17, 15) is 17.2 Å². The summed E-state index contributed by atoms with van der Waals surface area (Å²) in [6.07, 6.45) is 0. The molecule has 0 heterocycles. The molecule has 2 aromatic carbocycles. The van der Waals surface area contributed by atoms with Crippen LogP contribution in [0.25, 0.3) is 0 Å². The Morgan fingerprint density at radius 2 is 1.75 bits per heavy atom. The Morgan fingerprint density at radius 3 is 2.40 bits per heavy atom. The number of hydrogen-bond acceptors (Lipinski definition) is 4. The van der Waals surface area contributed by atoms with E-state index in [4.69, 9.17) is 10.9 Å². The van der Waals surface area contributed by atoms with Crippen LogP contribution in [0, 0.1) is 11.6 Å². The molecule has 5 nitrogen and oxygen atoms in total. The second-order valence-electron chi connectivity index (χ2n) is 4.08. The number of sulfonamides is 1. The zero-order valence-corrected chi connectivity index (χ0v) is 10.9. The molecule has 2 rings (SSSR count). The highest BCUT2D eigenvalue weighted by Crippen LogP contribution is 2.25. The van der Waals surface area contributed by atoms with E-state index >= 15 is 0 Å². The van der Waals surface area contributed by atoms with Gasteiger partial charge in [0.25, 0.3) is 0 Å². The summed E-state index contributed by atoms with van der Waals surface area (Å²) in [6.45, 7) is 0. The van der Waals surface area contributed by atoms with Crippen molar-refractivity contribution < 1.29 is 17.2 Å². The Morgan fingerprint density at radius 1 is 1.05 bits per heavy atom. The average Bonchev–Trinajstić information content (AvgIpc) is 2.32. The minimum Gasteiger partial charge on any atom is -0.399 e. The van der Waals surface area contributed by atoms with Gasteiger partial charge in [-0.25, -0.2) is 22.3 Å². The van der Waals surface area contributed by atoms with E-state index in [2.05, 4.69) is 5.32 Å². The van der Waals surface area contributed by atoms with Crippen molar-refractivity contribution in [1.82, 2.24) is 0 Å². The van der Waals surface area contributed by atoms with Crippen LogP contribution in [-0.2, 0) is 10.0 Å². The van der Waals surface area contributed by atoms with Crippen LogP contribution in [0.4, 0.5) is 25.8 Å². The molecule has 0 bridgehead atoms. The summed E-state index contributed by atoms with van der Waals surface area (Å²) in [5, 5.41) is 7.55. The van der Waals surface area contributed by atoms with Crippen LogP contribution in [0.1, 0.15) is 0 Å². The maximum Gasteiger partial charge on any atom is 0.238 e. The Balaban J connectivity index is 2.44. The molecule has 0 aromatic heterocycles. The molecule has 0 aliphatic rings. The standard InChI is InChI=1S/C12H11F2N3O2S/c13-7-1-2-11(14)12(3-7)17-9-4-8(15)5-10(6-9)20(16,18)19/h1-6,17H,15H2,(H2,16,18,19). The van der Waals surface area contributed by atoms with Crippen molar-refractivity contribution in [3.8, 4) is 0 Å². The summed E-state index contributed by atoms with van der Waals surface area (Å²) in [4.78, 5) is -0.225. The lowest BCUT2D eigenvalue weighted by atomic mass is 10.2. The van der Waals surface area contributed by atoms with Crippen molar-refractivity contribution in [3.05, 3.63) is 48.0 Å². The van der Waals surface area contributed by atoms with Gasteiger partial charge >= 0.3 is 0 Å². The van der Waals surface area contributed by atoms with Gasteiger partial charge in [0.05, 0.1) is 10.6 Å². The van der Waals surface area contributed by atoms with Gasteiger partial charge in [-0.05, 0) is 30.3 Å². The number of primary sulfonamides is 1. The molecule has 5 N–H and O–H groups in total. The molecule has 0 saturated carbocycles. The van der Waals surface area contributed by atoms with Gasteiger partial charge in [-0.15, -0.1) is 0 Å². The van der Waals surface area contributed by atoms with E-state index in [1.807, 2.05) is 0 Å². The maximum absolute atomic E-state index is 13.5. The van der Waals surface area contributed by atoms with Crippen LogP contribution < -0.4 is 16.2 Å². The zero-order valence-electron chi connectivity index (χ0n) is 10.1. The second-order valence-corrected chi connectivity index (χ2v) is 5.65. The Bertz CT molecular complexity index is 763. The molecule has 8 heteroatoms. The summed E-state index contributed by atoms with van der Waals surface area (Å²) in [5.41, 5.74) is 5.71. The molecule has 0 aliphatic heterocycles. The fourth-order valence-corrected chi connectivity index (χ4v) is 2.20. The third-order valence-electron chi connectivity index (χ3n) is 2.46. The zero-order chi connectivity index (χ0) is 14.9. The number of nitrogen functional groups attached to an aromatic ring is 1. The Labute approximate surface area is 114 Å². The summed E-state index contributed by atoms with van der Waals surface area (Å²) >= 11 is 0. The van der Waals surface area contributed by atoms with E-state index in [1.165, 1.54) is 18.2 Å². The van der Waals surface area contributed by atoms with Gasteiger partial charge in [0.2, 0.25) is 10.0 Å². The number of rotatable bonds is 3. The highest BCUT2D eigenvalue weighted by Gasteiger charge is 2.11. The monoisotopic (exact) mass is 299 g/mol. The SMILES string of the molecule is Nc1cc(Nc2cc(F)ccc2F)cc(S(N)(=O)=O)c1. The molecule has 0 aliphatic carbocycles. The molecule has 20 heavy (non-hydrogen) atoms. The quantitative estimate of drug-likeness (QED) is 0.754. The maximum atomic E-state index is 13.5. The molecule has 0 radical (unpaired) electrons. The van der Waals surface area contributed by atoms with Crippen molar-refractivity contribution in [1.29, 1.82) is 0 Å². The first-order valence-electron chi connectivity index (χ1n) is 5.41. The lowest BCUT2D eigenvalue weighted by Crippen LogP contribution is -2.12. The fraction of sp³-hybridized carbons (Fsp3) is 0. The largest absolute Gasteiger partial charge is 0.399 e. The smallest absolute Gasteiger partial charge is 0.238 e. The summed E-state index contributed by atoms with van der Waals surface area (Å²) < 4.78 is 49.1. The predicted molar refractivity (Wildman–Crippen MR) is 71.9 cm³/mol. The third-order valence-corrected chi connectivity index (χ3v) is 3.36. The lowest BCUT2D eigenvalue weighted by molar-refractivity contribution is 0.598. The highest BCUT2D eigenvalue weighted by molar-refractivity contribution is 7.89. The summed E-state index contributed by atoms with van der Waals surface area (Å²) in [7, 11) is -3.95. The highest BCUT2D eigenvalue weighted by atomic mass is 32.2. The summed E-state index contributed by atoms with van der Waals surface area (Å²) in [6, 6.07) is 6.58. The van der Waals surface area contributed by atoms with E-state index < -0.39 is 21.7 Å². The first kappa shape index (κ1) is 14.2. The van der Waals surface area contributed by atoms with Gasteiger partial charge in [0.15, 0.2) is 0 Å². The number of hydrogen-bond donors (Lipinski definition) is 3. The van der Waals surface area contributed by atoms with Crippen LogP contribution in [0.2, 0.25) is 0 Å². The van der Waals surface area contributed by atoms with Gasteiger partial charge in [-0.2, -0.15) is 0 Å². The van der Waals surface area contributed by atoms with Crippen molar-refractivity contribution in [2.24, 2.45) is 5.14 Å². The second kappa shape index (κ2) is 5.06. The van der Waals surface area contributed by atoms with Crippen molar-refractivity contribution in [2.45, 2.75) is 4.90 Å². The molecule has 0 spiro atoms. The van der Waals surface area contributed by atoms with E-state index in [0.29, 0.717) is 0 Å². The Kier molecular flexibility index (Phi) is 3.60. The fourth-order valence-electron chi connectivity index (χ4n) is 1.61. The van der Waals surface area contributed by atoms with Crippen LogP contribution in [0.3, 0.4) is 0 Å². The van der Waals surface area contributed by atoms with Crippen LogP contribution in [0.5, 0.6) is 0 Å². The van der Waals surface area contributed by atoms with E-state index in [1.54, 1.807) is 0 Å². The first-order chi connectivity index (χ1) is 9.25. The summed E-state index contributed by atoms with van der Waals surface area (Å²) in [5.74, 6) is -1.32. The molecule has 2 aromatic rings. The van der Waals surface area contributed by atoms with Crippen LogP contribution >= 0.6 is 0 Å². The third kappa shape index (κ3) is 3.22. The average molecular weight is 299 g/mol.